The number of carbonyl (C=O) groups excluding carboxylic acids is 1. The maximum Gasteiger partial charge on any atom is 0.234 e. The minimum atomic E-state index is -0.246. The van der Waals surface area contributed by atoms with Crippen LogP contribution in [0.3, 0.4) is 0 Å². The molecule has 4 atom stereocenters. The van der Waals surface area contributed by atoms with Crippen LogP contribution >= 0.6 is 0 Å². The Kier molecular flexibility index (Phi) is 4.05. The molecule has 1 aliphatic heterocycles. The third kappa shape index (κ3) is 2.63. The van der Waals surface area contributed by atoms with Crippen molar-refractivity contribution in [2.45, 2.75) is 63.6 Å². The van der Waals surface area contributed by atoms with Crippen molar-refractivity contribution in [2.75, 3.05) is 6.54 Å². The Morgan fingerprint density at radius 1 is 1.29 bits per heavy atom. The Bertz CT molecular complexity index is 283. The van der Waals surface area contributed by atoms with E-state index in [1.807, 2.05) is 6.92 Å². The first kappa shape index (κ1) is 12.8. The van der Waals surface area contributed by atoms with Gasteiger partial charge in [-0.05, 0) is 39.2 Å². The zero-order valence-corrected chi connectivity index (χ0v) is 10.6. The smallest absolute Gasteiger partial charge is 0.234 e. The molecule has 2 aliphatic rings. The van der Waals surface area contributed by atoms with Crippen LogP contribution in [0.2, 0.25) is 0 Å². The maximum atomic E-state index is 11.4. The molecule has 3 N–H and O–H groups in total. The number of rotatable bonds is 3. The molecule has 98 valence electrons. The number of nitrogens with zero attached hydrogens (tertiary/aromatic N) is 1. The predicted octanol–water partition coefficient (Wildman–Crippen LogP) is 0.876. The van der Waals surface area contributed by atoms with Crippen molar-refractivity contribution in [1.82, 2.24) is 4.90 Å². The largest absolute Gasteiger partial charge is 0.393 e. The SMILES string of the molecule is CC(C(N)=O)N1CCCCC1C1CCCC1O. The first-order chi connectivity index (χ1) is 8.11. The number of piperidine rings is 1. The first-order valence-corrected chi connectivity index (χ1v) is 6.84. The zero-order valence-electron chi connectivity index (χ0n) is 10.6. The lowest BCUT2D eigenvalue weighted by Crippen LogP contribution is -2.54. The summed E-state index contributed by atoms with van der Waals surface area (Å²) in [6.45, 7) is 2.83. The monoisotopic (exact) mass is 240 g/mol. The van der Waals surface area contributed by atoms with Crippen LogP contribution in [0, 0.1) is 5.92 Å². The maximum absolute atomic E-state index is 11.4. The van der Waals surface area contributed by atoms with E-state index in [9.17, 15) is 9.90 Å². The molecule has 0 radical (unpaired) electrons. The molecule has 0 aromatic heterocycles. The lowest BCUT2D eigenvalue weighted by molar-refractivity contribution is -0.125. The summed E-state index contributed by atoms with van der Waals surface area (Å²) in [5.74, 6) is 0.0986. The number of aliphatic hydroxyl groups is 1. The standard InChI is InChI=1S/C13H24N2O2/c1-9(13(14)17)15-8-3-2-6-11(15)10-5-4-7-12(10)16/h9-12,16H,2-8H2,1H3,(H2,14,17). The quantitative estimate of drug-likeness (QED) is 0.769. The fourth-order valence-electron chi connectivity index (χ4n) is 3.50. The molecule has 2 fully saturated rings. The normalized spacial score (nSPS) is 36.9. The van der Waals surface area contributed by atoms with E-state index >= 15 is 0 Å². The van der Waals surface area contributed by atoms with Crippen LogP contribution in [0.15, 0.2) is 0 Å². The summed E-state index contributed by atoms with van der Waals surface area (Å²) in [4.78, 5) is 13.6. The topological polar surface area (TPSA) is 66.6 Å². The van der Waals surface area contributed by atoms with Gasteiger partial charge in [-0.15, -0.1) is 0 Å². The van der Waals surface area contributed by atoms with E-state index in [2.05, 4.69) is 4.90 Å². The third-order valence-electron chi connectivity index (χ3n) is 4.53. The van der Waals surface area contributed by atoms with Gasteiger partial charge in [-0.3, -0.25) is 9.69 Å². The number of primary amides is 1. The summed E-state index contributed by atoms with van der Waals surface area (Å²) < 4.78 is 0. The van der Waals surface area contributed by atoms with Gasteiger partial charge in [0, 0.05) is 12.0 Å². The molecule has 0 aromatic carbocycles. The van der Waals surface area contributed by atoms with Gasteiger partial charge in [0.1, 0.15) is 0 Å². The van der Waals surface area contributed by atoms with E-state index in [1.54, 1.807) is 0 Å². The molecule has 1 saturated heterocycles. The predicted molar refractivity (Wildman–Crippen MR) is 66.3 cm³/mol. The minimum Gasteiger partial charge on any atom is -0.393 e. The number of hydrogen-bond acceptors (Lipinski definition) is 3. The highest BCUT2D eigenvalue weighted by molar-refractivity contribution is 5.79. The van der Waals surface area contributed by atoms with Gasteiger partial charge in [0.15, 0.2) is 0 Å². The molecular weight excluding hydrogens is 216 g/mol. The highest BCUT2D eigenvalue weighted by Gasteiger charge is 2.39. The van der Waals surface area contributed by atoms with Crippen LogP contribution in [0.25, 0.3) is 0 Å². The van der Waals surface area contributed by atoms with Gasteiger partial charge in [0.25, 0.3) is 0 Å². The van der Waals surface area contributed by atoms with E-state index in [4.69, 9.17) is 5.73 Å². The van der Waals surface area contributed by atoms with Crippen LogP contribution in [-0.4, -0.2) is 40.6 Å². The lowest BCUT2D eigenvalue weighted by Gasteiger charge is -2.42. The summed E-state index contributed by atoms with van der Waals surface area (Å²) in [5, 5.41) is 10.0. The van der Waals surface area contributed by atoms with Crippen molar-refractivity contribution >= 4 is 5.91 Å². The van der Waals surface area contributed by atoms with Gasteiger partial charge in [0.05, 0.1) is 12.1 Å². The van der Waals surface area contributed by atoms with Crippen molar-refractivity contribution in [3.63, 3.8) is 0 Å². The van der Waals surface area contributed by atoms with Crippen molar-refractivity contribution in [3.8, 4) is 0 Å². The van der Waals surface area contributed by atoms with E-state index in [0.717, 1.165) is 38.6 Å². The van der Waals surface area contributed by atoms with Crippen molar-refractivity contribution < 1.29 is 9.90 Å². The van der Waals surface area contributed by atoms with E-state index in [-0.39, 0.29) is 18.1 Å². The molecule has 0 aromatic rings. The Hall–Kier alpha value is -0.610. The average molecular weight is 240 g/mol. The molecule has 17 heavy (non-hydrogen) atoms. The summed E-state index contributed by atoms with van der Waals surface area (Å²) >= 11 is 0. The molecule has 1 saturated carbocycles. The first-order valence-electron chi connectivity index (χ1n) is 6.84. The van der Waals surface area contributed by atoms with E-state index in [1.165, 1.54) is 6.42 Å². The fraction of sp³-hybridized carbons (Fsp3) is 0.923. The molecule has 1 amide bonds. The number of likely N-dealkylation sites (tertiary alicyclic amines) is 1. The van der Waals surface area contributed by atoms with E-state index in [0.29, 0.717) is 12.0 Å². The van der Waals surface area contributed by atoms with Crippen LogP contribution in [0.5, 0.6) is 0 Å². The minimum absolute atomic E-state index is 0.180. The van der Waals surface area contributed by atoms with Gasteiger partial charge in [-0.1, -0.05) is 12.8 Å². The van der Waals surface area contributed by atoms with Crippen molar-refractivity contribution in [1.29, 1.82) is 0 Å². The Morgan fingerprint density at radius 3 is 2.65 bits per heavy atom. The summed E-state index contributed by atoms with van der Waals surface area (Å²) in [7, 11) is 0. The number of nitrogens with two attached hydrogens (primary N) is 1. The van der Waals surface area contributed by atoms with Gasteiger partial charge < -0.3 is 10.8 Å². The summed E-state index contributed by atoms with van der Waals surface area (Å²) in [6, 6.07) is 0.150. The molecule has 4 heteroatoms. The van der Waals surface area contributed by atoms with Gasteiger partial charge in [-0.25, -0.2) is 0 Å². The fourth-order valence-corrected chi connectivity index (χ4v) is 3.50. The second kappa shape index (κ2) is 5.36. The highest BCUT2D eigenvalue weighted by atomic mass is 16.3. The van der Waals surface area contributed by atoms with Crippen molar-refractivity contribution in [2.24, 2.45) is 11.7 Å². The molecule has 0 bridgehead atoms. The molecule has 1 heterocycles. The highest BCUT2D eigenvalue weighted by Crippen LogP contribution is 2.35. The molecule has 0 spiro atoms. The Labute approximate surface area is 103 Å². The van der Waals surface area contributed by atoms with Crippen LogP contribution in [0.4, 0.5) is 0 Å². The number of carbonyl (C=O) groups is 1. The Morgan fingerprint density at radius 2 is 2.06 bits per heavy atom. The molecule has 4 unspecified atom stereocenters. The van der Waals surface area contributed by atoms with Gasteiger partial charge in [-0.2, -0.15) is 0 Å². The molecular formula is C13H24N2O2. The summed E-state index contributed by atoms with van der Waals surface area (Å²) in [6.07, 6.45) is 6.38. The Balaban J connectivity index is 2.08. The number of aliphatic hydroxyl groups excluding tert-OH is 1. The summed E-state index contributed by atoms with van der Waals surface area (Å²) in [5.41, 5.74) is 5.42. The molecule has 1 aliphatic carbocycles. The average Bonchev–Trinajstić information content (AvgIpc) is 2.74. The van der Waals surface area contributed by atoms with Crippen LogP contribution in [0.1, 0.15) is 45.4 Å². The second-order valence-electron chi connectivity index (χ2n) is 5.54. The zero-order chi connectivity index (χ0) is 12.4. The van der Waals surface area contributed by atoms with Crippen LogP contribution < -0.4 is 5.73 Å². The number of amides is 1. The van der Waals surface area contributed by atoms with Crippen molar-refractivity contribution in [3.05, 3.63) is 0 Å². The van der Waals surface area contributed by atoms with E-state index < -0.39 is 0 Å². The lowest BCUT2D eigenvalue weighted by atomic mass is 9.86. The molecule has 4 nitrogen and oxygen atoms in total. The van der Waals surface area contributed by atoms with Gasteiger partial charge >= 0.3 is 0 Å². The number of hydrogen-bond donors (Lipinski definition) is 2. The molecule has 2 rings (SSSR count). The second-order valence-corrected chi connectivity index (χ2v) is 5.54. The van der Waals surface area contributed by atoms with Crippen LogP contribution in [-0.2, 0) is 4.79 Å². The third-order valence-corrected chi connectivity index (χ3v) is 4.53. The van der Waals surface area contributed by atoms with Gasteiger partial charge in [0.2, 0.25) is 5.91 Å².